The van der Waals surface area contributed by atoms with Crippen molar-refractivity contribution in [2.75, 3.05) is 26.8 Å². The molecule has 8 nitrogen and oxygen atoms in total. The van der Waals surface area contributed by atoms with Crippen molar-refractivity contribution >= 4 is 5.78 Å². The monoisotopic (exact) mass is 494 g/mol. The highest BCUT2D eigenvalue weighted by molar-refractivity contribution is 5.91. The molecule has 2 aliphatic carbocycles. The molecule has 2 saturated heterocycles. The Balaban J connectivity index is 1.37. The number of rotatable bonds is 5. The fourth-order valence-corrected chi connectivity index (χ4v) is 6.98. The predicted molar refractivity (Wildman–Crippen MR) is 134 cm³/mol. The first-order valence-electron chi connectivity index (χ1n) is 13.9. The highest BCUT2D eigenvalue weighted by Gasteiger charge is 2.48. The van der Waals surface area contributed by atoms with Crippen LogP contribution >= 0.6 is 0 Å². The van der Waals surface area contributed by atoms with Gasteiger partial charge in [-0.2, -0.15) is 4.98 Å². The van der Waals surface area contributed by atoms with E-state index in [0.29, 0.717) is 41.6 Å². The average molecular weight is 495 g/mol. The quantitative estimate of drug-likeness (QED) is 0.596. The van der Waals surface area contributed by atoms with Gasteiger partial charge in [-0.1, -0.05) is 11.6 Å². The van der Waals surface area contributed by atoms with E-state index >= 15 is 0 Å². The minimum atomic E-state index is -0.504. The van der Waals surface area contributed by atoms with Gasteiger partial charge in [0.2, 0.25) is 5.88 Å². The minimum absolute atomic E-state index is 0.0251. The second-order valence-electron chi connectivity index (χ2n) is 11.3. The molecule has 0 amide bonds. The Morgan fingerprint density at radius 1 is 1.08 bits per heavy atom. The van der Waals surface area contributed by atoms with Crippen LogP contribution in [0.3, 0.4) is 0 Å². The summed E-state index contributed by atoms with van der Waals surface area (Å²) in [7, 11) is 2.17. The summed E-state index contributed by atoms with van der Waals surface area (Å²) in [5, 5.41) is 4.51. The van der Waals surface area contributed by atoms with E-state index in [1.54, 1.807) is 0 Å². The lowest BCUT2D eigenvalue weighted by Crippen LogP contribution is -2.41. The van der Waals surface area contributed by atoms with Crippen LogP contribution in [0.15, 0.2) is 10.6 Å². The van der Waals surface area contributed by atoms with E-state index in [2.05, 4.69) is 24.0 Å². The van der Waals surface area contributed by atoms with Gasteiger partial charge >= 0.3 is 0 Å². The number of Topliss-reactive ketones (excluding diaryl/α,β-unsaturated/α-hetero) is 1. The lowest BCUT2D eigenvalue weighted by molar-refractivity contribution is -0.128. The first-order chi connectivity index (χ1) is 17.5. The normalized spacial score (nSPS) is 28.4. The summed E-state index contributed by atoms with van der Waals surface area (Å²) in [4.78, 5) is 25.4. The number of nitrogens with zero attached hydrogens (tertiary/aromatic N) is 4. The first kappa shape index (κ1) is 24.0. The lowest BCUT2D eigenvalue weighted by atomic mass is 9.64. The van der Waals surface area contributed by atoms with Crippen molar-refractivity contribution < 1.29 is 18.8 Å². The Morgan fingerprint density at radius 3 is 2.69 bits per heavy atom. The molecule has 0 unspecified atom stereocenters. The molecule has 1 spiro atoms. The molecule has 3 atom stereocenters. The van der Waals surface area contributed by atoms with E-state index in [-0.39, 0.29) is 6.10 Å². The van der Waals surface area contributed by atoms with Gasteiger partial charge in [0.05, 0.1) is 11.1 Å². The standard InChI is InChI=1S/C28H38N4O4/c1-18(22-8-6-14-32(22)2)35-24-17-21(19-10-15-34-16-11-19)29-27(30-24)25-20-7-5-13-28(26(20)36-31-25)12-4-3-9-23(28)33/h17-19,22H,3-16H2,1-2H3/t18-,22-,28+/m0/s1. The second-order valence-corrected chi connectivity index (χ2v) is 11.3. The van der Waals surface area contributed by atoms with Crippen LogP contribution in [0.5, 0.6) is 5.88 Å². The number of carbonyl (C=O) groups is 1. The number of aromatic nitrogens is 3. The molecule has 0 radical (unpaired) electrons. The van der Waals surface area contributed by atoms with Gasteiger partial charge < -0.3 is 14.0 Å². The molecule has 2 aromatic rings. The topological polar surface area (TPSA) is 90.6 Å². The Hall–Kier alpha value is -2.32. The zero-order chi connectivity index (χ0) is 24.7. The van der Waals surface area contributed by atoms with Crippen molar-refractivity contribution in [3.63, 3.8) is 0 Å². The zero-order valence-electron chi connectivity index (χ0n) is 21.6. The number of fused-ring (bicyclic) bond motifs is 2. The summed E-state index contributed by atoms with van der Waals surface area (Å²) < 4.78 is 18.1. The molecule has 194 valence electrons. The summed E-state index contributed by atoms with van der Waals surface area (Å²) in [6.07, 6.45) is 10.4. The van der Waals surface area contributed by atoms with Crippen molar-refractivity contribution in [2.24, 2.45) is 0 Å². The van der Waals surface area contributed by atoms with Crippen LogP contribution in [0.4, 0.5) is 0 Å². The molecule has 6 rings (SSSR count). The fraction of sp³-hybridized carbons (Fsp3) is 0.714. The van der Waals surface area contributed by atoms with Gasteiger partial charge in [-0.25, -0.2) is 4.98 Å². The fourth-order valence-electron chi connectivity index (χ4n) is 6.98. The largest absolute Gasteiger partial charge is 0.473 e. The van der Waals surface area contributed by atoms with Gasteiger partial charge in [0.25, 0.3) is 0 Å². The molecule has 2 aromatic heterocycles. The van der Waals surface area contributed by atoms with Gasteiger partial charge in [-0.3, -0.25) is 9.69 Å². The van der Waals surface area contributed by atoms with Crippen molar-refractivity contribution in [1.29, 1.82) is 0 Å². The maximum absolute atomic E-state index is 13.1. The first-order valence-corrected chi connectivity index (χ1v) is 13.9. The van der Waals surface area contributed by atoms with Crippen LogP contribution in [0.2, 0.25) is 0 Å². The van der Waals surface area contributed by atoms with Crippen LogP contribution in [0, 0.1) is 0 Å². The van der Waals surface area contributed by atoms with E-state index in [1.807, 2.05) is 6.07 Å². The molecule has 0 bridgehead atoms. The smallest absolute Gasteiger partial charge is 0.217 e. The average Bonchev–Trinajstić information content (AvgIpc) is 3.53. The SMILES string of the molecule is C[C@H](Oc1cc(C2CCOCC2)nc(-c2noc3c2CCC[C@@]32CCCCC2=O)n1)[C@@H]1CCCN1C. The molecule has 0 aromatic carbocycles. The molecule has 2 aliphatic heterocycles. The molecule has 36 heavy (non-hydrogen) atoms. The zero-order valence-corrected chi connectivity index (χ0v) is 21.6. The summed E-state index contributed by atoms with van der Waals surface area (Å²) in [6.45, 7) is 4.73. The molecule has 8 heteroatoms. The highest BCUT2D eigenvalue weighted by Crippen LogP contribution is 2.47. The third-order valence-electron chi connectivity index (χ3n) is 9.04. The van der Waals surface area contributed by atoms with E-state index in [0.717, 1.165) is 94.6 Å². The number of likely N-dealkylation sites (N-methyl/N-ethyl adjacent to an activating group) is 1. The minimum Gasteiger partial charge on any atom is -0.473 e. The maximum atomic E-state index is 13.1. The van der Waals surface area contributed by atoms with Crippen LogP contribution in [-0.2, 0) is 21.4 Å². The van der Waals surface area contributed by atoms with E-state index < -0.39 is 5.41 Å². The van der Waals surface area contributed by atoms with Crippen molar-refractivity contribution in [2.45, 2.75) is 101 Å². The van der Waals surface area contributed by atoms with Crippen LogP contribution in [-0.4, -0.2) is 64.8 Å². The number of carbonyl (C=O) groups excluding carboxylic acids is 1. The van der Waals surface area contributed by atoms with Gasteiger partial charge in [-0.05, 0) is 78.3 Å². The number of likely N-dealkylation sites (tertiary alicyclic amines) is 1. The number of ketones is 1. The molecular formula is C28H38N4O4. The van der Waals surface area contributed by atoms with E-state index in [4.69, 9.17) is 24.0 Å². The Kier molecular flexibility index (Phi) is 6.58. The van der Waals surface area contributed by atoms with Gasteiger partial charge in [0, 0.05) is 43.2 Å². The summed E-state index contributed by atoms with van der Waals surface area (Å²) in [5.74, 6) is 2.56. The second kappa shape index (κ2) is 9.86. The molecule has 4 heterocycles. The van der Waals surface area contributed by atoms with E-state index in [1.165, 1.54) is 6.42 Å². The maximum Gasteiger partial charge on any atom is 0.217 e. The van der Waals surface area contributed by atoms with Crippen LogP contribution in [0.1, 0.15) is 94.1 Å². The summed E-state index contributed by atoms with van der Waals surface area (Å²) in [6, 6.07) is 2.40. The number of hydrogen-bond donors (Lipinski definition) is 0. The predicted octanol–water partition coefficient (Wildman–Crippen LogP) is 4.60. The van der Waals surface area contributed by atoms with E-state index in [9.17, 15) is 4.79 Å². The molecule has 1 saturated carbocycles. The molecule has 3 fully saturated rings. The van der Waals surface area contributed by atoms with Crippen LogP contribution < -0.4 is 4.74 Å². The van der Waals surface area contributed by atoms with Crippen molar-refractivity contribution in [3.05, 3.63) is 23.1 Å². The van der Waals surface area contributed by atoms with Gasteiger partial charge in [0.15, 0.2) is 17.3 Å². The number of ether oxygens (including phenoxy) is 2. The third kappa shape index (κ3) is 4.26. The highest BCUT2D eigenvalue weighted by atomic mass is 16.5. The molecule has 4 aliphatic rings. The van der Waals surface area contributed by atoms with Gasteiger partial charge in [0.1, 0.15) is 11.9 Å². The Morgan fingerprint density at radius 2 is 1.92 bits per heavy atom. The Labute approximate surface area is 213 Å². The summed E-state index contributed by atoms with van der Waals surface area (Å²) >= 11 is 0. The Bertz CT molecular complexity index is 1110. The summed E-state index contributed by atoms with van der Waals surface area (Å²) in [5.41, 5.74) is 2.19. The number of hydrogen-bond acceptors (Lipinski definition) is 8. The van der Waals surface area contributed by atoms with Crippen molar-refractivity contribution in [3.8, 4) is 17.4 Å². The molecular weight excluding hydrogens is 456 g/mol. The van der Waals surface area contributed by atoms with Crippen molar-refractivity contribution in [1.82, 2.24) is 20.0 Å². The van der Waals surface area contributed by atoms with Gasteiger partial charge in [-0.15, -0.1) is 0 Å². The van der Waals surface area contributed by atoms with Crippen LogP contribution in [0.25, 0.3) is 11.5 Å². The molecule has 0 N–H and O–H groups in total. The lowest BCUT2D eigenvalue weighted by Gasteiger charge is -2.36. The third-order valence-corrected chi connectivity index (χ3v) is 9.04.